The zero-order chi connectivity index (χ0) is 23.9. The number of ether oxygens (including phenoxy) is 2. The highest BCUT2D eigenvalue weighted by atomic mass is 16.5. The maximum atomic E-state index is 13.1. The number of methoxy groups -OCH3 is 2. The van der Waals surface area contributed by atoms with Gasteiger partial charge in [-0.1, -0.05) is 36.4 Å². The first-order valence-electron chi connectivity index (χ1n) is 11.2. The van der Waals surface area contributed by atoms with E-state index in [0.29, 0.717) is 37.6 Å². The van der Waals surface area contributed by atoms with Crippen LogP contribution < -0.4 is 14.8 Å². The van der Waals surface area contributed by atoms with Crippen molar-refractivity contribution in [3.05, 3.63) is 72.3 Å². The number of hydrogen-bond acceptors (Lipinski definition) is 6. The summed E-state index contributed by atoms with van der Waals surface area (Å²) in [5.74, 6) is 0.799. The Morgan fingerprint density at radius 3 is 2.65 bits per heavy atom. The Morgan fingerprint density at radius 2 is 1.94 bits per heavy atom. The van der Waals surface area contributed by atoms with Crippen LogP contribution in [0.25, 0.3) is 0 Å². The van der Waals surface area contributed by atoms with Crippen molar-refractivity contribution < 1.29 is 19.1 Å². The molecule has 2 heterocycles. The number of carbonyl (C=O) groups excluding carboxylic acids is 2. The molecule has 1 N–H and O–H groups in total. The van der Waals surface area contributed by atoms with Crippen LogP contribution in [0, 0.1) is 5.92 Å². The second-order valence-electron chi connectivity index (χ2n) is 8.27. The van der Waals surface area contributed by atoms with Crippen LogP contribution >= 0.6 is 0 Å². The van der Waals surface area contributed by atoms with Gasteiger partial charge in [0.05, 0.1) is 32.7 Å². The summed E-state index contributed by atoms with van der Waals surface area (Å²) in [4.78, 5) is 31.5. The number of carbonyl (C=O) groups is 2. The molecule has 178 valence electrons. The van der Waals surface area contributed by atoms with Gasteiger partial charge in [0.1, 0.15) is 12.7 Å². The van der Waals surface area contributed by atoms with E-state index in [4.69, 9.17) is 9.47 Å². The van der Waals surface area contributed by atoms with Crippen LogP contribution in [0.4, 0.5) is 0 Å². The smallest absolute Gasteiger partial charge is 0.225 e. The number of amides is 2. The van der Waals surface area contributed by atoms with E-state index >= 15 is 0 Å². The normalized spacial score (nSPS) is 16.4. The van der Waals surface area contributed by atoms with E-state index in [9.17, 15) is 9.59 Å². The van der Waals surface area contributed by atoms with Gasteiger partial charge in [-0.15, -0.1) is 0 Å². The molecule has 0 radical (unpaired) electrons. The van der Waals surface area contributed by atoms with Crippen molar-refractivity contribution in [2.45, 2.75) is 25.4 Å². The Bertz CT molecular complexity index is 1100. The summed E-state index contributed by atoms with van der Waals surface area (Å²) in [6.07, 6.45) is 3.97. The van der Waals surface area contributed by atoms with Crippen molar-refractivity contribution >= 4 is 11.8 Å². The van der Waals surface area contributed by atoms with Crippen molar-refractivity contribution in [1.82, 2.24) is 25.0 Å². The van der Waals surface area contributed by atoms with Crippen molar-refractivity contribution in [3.63, 3.8) is 0 Å². The molecule has 34 heavy (non-hydrogen) atoms. The molecular formula is C25H29N5O4. The summed E-state index contributed by atoms with van der Waals surface area (Å²) in [7, 11) is 3.19. The topological polar surface area (TPSA) is 98.6 Å². The molecule has 2 atom stereocenters. The first-order chi connectivity index (χ1) is 16.6. The molecule has 2 unspecified atom stereocenters. The van der Waals surface area contributed by atoms with Gasteiger partial charge in [-0.05, 0) is 29.7 Å². The van der Waals surface area contributed by atoms with E-state index in [0.717, 1.165) is 11.1 Å². The van der Waals surface area contributed by atoms with Crippen LogP contribution in [0.1, 0.15) is 23.6 Å². The van der Waals surface area contributed by atoms with Crippen LogP contribution in [-0.4, -0.2) is 58.8 Å². The maximum absolute atomic E-state index is 13.1. The number of nitrogens with one attached hydrogen (secondary N) is 1. The van der Waals surface area contributed by atoms with Gasteiger partial charge in [0.15, 0.2) is 11.5 Å². The van der Waals surface area contributed by atoms with Crippen LogP contribution in [0.3, 0.4) is 0 Å². The molecule has 2 aromatic carbocycles. The quantitative estimate of drug-likeness (QED) is 0.495. The maximum Gasteiger partial charge on any atom is 0.225 e. The highest BCUT2D eigenvalue weighted by molar-refractivity contribution is 5.89. The SMILES string of the molecule is COc1ccc(CCN2CC(C(=O)NC(Cn3cncn3)c3ccccc3)CC2=O)cc1OC. The lowest BCUT2D eigenvalue weighted by molar-refractivity contribution is -0.129. The minimum atomic E-state index is -0.389. The summed E-state index contributed by atoms with van der Waals surface area (Å²) in [6.45, 7) is 1.40. The number of nitrogens with zero attached hydrogens (tertiary/aromatic N) is 4. The molecule has 9 nitrogen and oxygen atoms in total. The van der Waals surface area contributed by atoms with E-state index in [1.807, 2.05) is 48.5 Å². The average molecular weight is 464 g/mol. The van der Waals surface area contributed by atoms with Gasteiger partial charge in [0.25, 0.3) is 0 Å². The highest BCUT2D eigenvalue weighted by Gasteiger charge is 2.35. The zero-order valence-electron chi connectivity index (χ0n) is 19.4. The molecule has 0 spiro atoms. The fourth-order valence-electron chi connectivity index (χ4n) is 4.19. The minimum Gasteiger partial charge on any atom is -0.493 e. The Kier molecular flexibility index (Phi) is 7.41. The molecule has 0 saturated carbocycles. The van der Waals surface area contributed by atoms with Gasteiger partial charge in [0.2, 0.25) is 11.8 Å². The van der Waals surface area contributed by atoms with Crippen LogP contribution in [0.15, 0.2) is 61.2 Å². The fourth-order valence-corrected chi connectivity index (χ4v) is 4.19. The van der Waals surface area contributed by atoms with Crippen LogP contribution in [0.5, 0.6) is 11.5 Å². The number of benzene rings is 2. The molecule has 1 aliphatic rings. The Morgan fingerprint density at radius 1 is 1.15 bits per heavy atom. The van der Waals surface area contributed by atoms with Crippen molar-refractivity contribution in [2.24, 2.45) is 5.92 Å². The Labute approximate surface area is 198 Å². The summed E-state index contributed by atoms with van der Waals surface area (Å²) in [6, 6.07) is 15.2. The number of aromatic nitrogens is 3. The van der Waals surface area contributed by atoms with Crippen molar-refractivity contribution in [3.8, 4) is 11.5 Å². The lowest BCUT2D eigenvalue weighted by atomic mass is 10.0. The summed E-state index contributed by atoms with van der Waals surface area (Å²) in [5, 5.41) is 7.28. The lowest BCUT2D eigenvalue weighted by Gasteiger charge is -2.21. The first kappa shape index (κ1) is 23.3. The summed E-state index contributed by atoms with van der Waals surface area (Å²) < 4.78 is 12.3. The lowest BCUT2D eigenvalue weighted by Crippen LogP contribution is -2.37. The summed E-state index contributed by atoms with van der Waals surface area (Å²) in [5.41, 5.74) is 2.01. The van der Waals surface area contributed by atoms with E-state index < -0.39 is 0 Å². The van der Waals surface area contributed by atoms with Gasteiger partial charge in [0, 0.05) is 19.5 Å². The molecule has 0 bridgehead atoms. The van der Waals surface area contributed by atoms with E-state index in [-0.39, 0.29) is 30.2 Å². The molecule has 1 aromatic heterocycles. The molecule has 3 aromatic rings. The third-order valence-corrected chi connectivity index (χ3v) is 6.06. The van der Waals surface area contributed by atoms with E-state index in [2.05, 4.69) is 15.4 Å². The predicted molar refractivity (Wildman–Crippen MR) is 125 cm³/mol. The Hall–Kier alpha value is -3.88. The molecule has 4 rings (SSSR count). The predicted octanol–water partition coefficient (Wildman–Crippen LogP) is 2.24. The van der Waals surface area contributed by atoms with Crippen LogP contribution in [0.2, 0.25) is 0 Å². The third kappa shape index (κ3) is 5.54. The van der Waals surface area contributed by atoms with Crippen molar-refractivity contribution in [2.75, 3.05) is 27.3 Å². The van der Waals surface area contributed by atoms with Gasteiger partial charge in [-0.25, -0.2) is 4.98 Å². The molecule has 1 saturated heterocycles. The molecule has 9 heteroatoms. The molecule has 1 aliphatic heterocycles. The number of hydrogen-bond donors (Lipinski definition) is 1. The third-order valence-electron chi connectivity index (χ3n) is 6.06. The van der Waals surface area contributed by atoms with Gasteiger partial charge in [-0.3, -0.25) is 14.3 Å². The van der Waals surface area contributed by atoms with Crippen LogP contribution in [-0.2, 0) is 22.6 Å². The standard InChI is InChI=1S/C25H29N5O4/c1-33-22-9-8-18(12-23(22)34-2)10-11-29-14-20(13-24(29)31)25(32)28-21(15-30-17-26-16-27-30)19-6-4-3-5-7-19/h3-9,12,16-17,20-21H,10-11,13-15H2,1-2H3,(H,28,32). The average Bonchev–Trinajstić information content (AvgIpc) is 3.52. The molecule has 2 amide bonds. The second-order valence-corrected chi connectivity index (χ2v) is 8.27. The fraction of sp³-hybridized carbons (Fsp3) is 0.360. The molecule has 1 fully saturated rings. The van der Waals surface area contributed by atoms with E-state index in [1.165, 1.54) is 6.33 Å². The van der Waals surface area contributed by atoms with Gasteiger partial charge in [-0.2, -0.15) is 5.10 Å². The summed E-state index contributed by atoms with van der Waals surface area (Å²) >= 11 is 0. The Balaban J connectivity index is 1.37. The van der Waals surface area contributed by atoms with Gasteiger partial charge < -0.3 is 19.7 Å². The number of rotatable bonds is 10. The minimum absolute atomic E-state index is 0.00633. The molecule has 0 aliphatic carbocycles. The van der Waals surface area contributed by atoms with Gasteiger partial charge >= 0.3 is 0 Å². The van der Waals surface area contributed by atoms with Crippen molar-refractivity contribution in [1.29, 1.82) is 0 Å². The largest absolute Gasteiger partial charge is 0.493 e. The molecular weight excluding hydrogens is 434 g/mol. The zero-order valence-corrected chi connectivity index (χ0v) is 19.4. The monoisotopic (exact) mass is 463 g/mol. The van der Waals surface area contributed by atoms with E-state index in [1.54, 1.807) is 30.1 Å². The second kappa shape index (κ2) is 10.8. The first-order valence-corrected chi connectivity index (χ1v) is 11.2. The highest BCUT2D eigenvalue weighted by Crippen LogP contribution is 2.28. The number of likely N-dealkylation sites (tertiary alicyclic amines) is 1.